The average molecular weight is 328 g/mol. The van der Waals surface area contributed by atoms with Gasteiger partial charge >= 0.3 is 0 Å². The van der Waals surface area contributed by atoms with Crippen LogP contribution in [-0.4, -0.2) is 19.1 Å². The second-order valence-corrected chi connectivity index (χ2v) is 5.22. The third-order valence-electron chi connectivity index (χ3n) is 3.07. The molecule has 2 rings (SSSR count). The zero-order valence-electron chi connectivity index (χ0n) is 12.9. The zero-order chi connectivity index (χ0) is 16.5. The molecule has 0 unspecified atom stereocenters. The lowest BCUT2D eigenvalue weighted by atomic mass is 10.1. The lowest BCUT2D eigenvalue weighted by molar-refractivity contribution is -0.120. The van der Waals surface area contributed by atoms with Gasteiger partial charge in [0.2, 0.25) is 5.91 Å². The molecule has 0 aliphatic carbocycles. The normalized spacial score (nSPS) is 9.65. The summed E-state index contributed by atoms with van der Waals surface area (Å²) in [6.07, 6.45) is 0.320. The largest absolute Gasteiger partial charge is 0.494 e. The van der Waals surface area contributed by atoms with Gasteiger partial charge in [0.25, 0.3) is 0 Å². The van der Waals surface area contributed by atoms with Gasteiger partial charge in [0, 0.05) is 5.56 Å². The van der Waals surface area contributed by atoms with Crippen molar-refractivity contribution < 1.29 is 9.53 Å². The quantitative estimate of drug-likeness (QED) is 0.854. The summed E-state index contributed by atoms with van der Waals surface area (Å²) in [7, 11) is 0. The van der Waals surface area contributed by atoms with Gasteiger partial charge in [-0.25, -0.2) is 0 Å². The highest BCUT2D eigenvalue weighted by Crippen LogP contribution is 2.13. The van der Waals surface area contributed by atoms with Crippen molar-refractivity contribution in [1.29, 1.82) is 0 Å². The Hall–Kier alpha value is -2.44. The summed E-state index contributed by atoms with van der Waals surface area (Å²) < 4.78 is 5.37. The second kappa shape index (κ2) is 8.87. The van der Waals surface area contributed by atoms with E-state index in [0.29, 0.717) is 24.6 Å². The molecule has 0 spiro atoms. The predicted molar refractivity (Wildman–Crippen MR) is 92.7 cm³/mol. The van der Waals surface area contributed by atoms with Crippen molar-refractivity contribution >= 4 is 17.5 Å². The molecule has 0 aromatic heterocycles. The van der Waals surface area contributed by atoms with E-state index >= 15 is 0 Å². The topological polar surface area (TPSA) is 38.3 Å². The molecule has 0 bridgehead atoms. The maximum atomic E-state index is 11.9. The van der Waals surface area contributed by atoms with E-state index in [1.807, 2.05) is 49.4 Å². The van der Waals surface area contributed by atoms with Crippen LogP contribution < -0.4 is 10.1 Å². The van der Waals surface area contributed by atoms with Gasteiger partial charge < -0.3 is 10.1 Å². The van der Waals surface area contributed by atoms with Crippen molar-refractivity contribution in [1.82, 2.24) is 5.32 Å². The molecule has 0 aliphatic heterocycles. The average Bonchev–Trinajstić information content (AvgIpc) is 2.55. The van der Waals surface area contributed by atoms with E-state index in [0.717, 1.165) is 16.9 Å². The zero-order valence-corrected chi connectivity index (χ0v) is 13.7. The first-order valence-corrected chi connectivity index (χ1v) is 7.78. The highest BCUT2D eigenvalue weighted by Gasteiger charge is 2.02. The summed E-state index contributed by atoms with van der Waals surface area (Å²) in [5.41, 5.74) is 1.69. The van der Waals surface area contributed by atoms with E-state index < -0.39 is 0 Å². The lowest BCUT2D eigenvalue weighted by Crippen LogP contribution is -2.25. The predicted octanol–water partition coefficient (Wildman–Crippen LogP) is 3.45. The number of rotatable bonds is 5. The molecule has 0 aliphatic rings. The Balaban J connectivity index is 1.80. The molecule has 0 heterocycles. The number of ether oxygens (including phenoxy) is 1. The first kappa shape index (κ1) is 16.9. The van der Waals surface area contributed by atoms with Crippen molar-refractivity contribution in [2.75, 3.05) is 13.2 Å². The van der Waals surface area contributed by atoms with E-state index in [1.54, 1.807) is 6.07 Å². The van der Waals surface area contributed by atoms with Crippen LogP contribution in [0.25, 0.3) is 0 Å². The maximum Gasteiger partial charge on any atom is 0.225 e. The molecular weight excluding hydrogens is 310 g/mol. The van der Waals surface area contributed by atoms with E-state index in [9.17, 15) is 4.79 Å². The van der Waals surface area contributed by atoms with Crippen LogP contribution in [0.1, 0.15) is 18.1 Å². The molecule has 1 amide bonds. The fraction of sp³-hybridized carbons (Fsp3) is 0.211. The molecule has 0 saturated heterocycles. The first-order chi connectivity index (χ1) is 11.2. The van der Waals surface area contributed by atoms with Crippen LogP contribution >= 0.6 is 11.6 Å². The van der Waals surface area contributed by atoms with E-state index in [1.165, 1.54) is 0 Å². The van der Waals surface area contributed by atoms with E-state index in [2.05, 4.69) is 17.2 Å². The molecule has 0 radical (unpaired) electrons. The van der Waals surface area contributed by atoms with Crippen LogP contribution in [0.2, 0.25) is 5.02 Å². The van der Waals surface area contributed by atoms with Gasteiger partial charge in [-0.3, -0.25) is 4.79 Å². The molecule has 0 fully saturated rings. The highest BCUT2D eigenvalue weighted by molar-refractivity contribution is 6.31. The fourth-order valence-electron chi connectivity index (χ4n) is 1.96. The SMILES string of the molecule is CCOc1ccc(CC(=O)NCC#Cc2ccccc2Cl)cc1. The Morgan fingerprint density at radius 2 is 1.91 bits per heavy atom. The minimum atomic E-state index is -0.0670. The number of halogens is 1. The van der Waals surface area contributed by atoms with Crippen LogP contribution in [0.4, 0.5) is 0 Å². The Kier molecular flexibility index (Phi) is 6.53. The van der Waals surface area contributed by atoms with Gasteiger partial charge in [0.1, 0.15) is 5.75 Å². The third-order valence-corrected chi connectivity index (χ3v) is 3.40. The number of hydrogen-bond acceptors (Lipinski definition) is 2. The van der Waals surface area contributed by atoms with Crippen molar-refractivity contribution in [3.8, 4) is 17.6 Å². The number of nitrogens with one attached hydrogen (secondary N) is 1. The molecule has 1 N–H and O–H groups in total. The number of benzene rings is 2. The van der Waals surface area contributed by atoms with E-state index in [4.69, 9.17) is 16.3 Å². The first-order valence-electron chi connectivity index (χ1n) is 7.41. The summed E-state index contributed by atoms with van der Waals surface area (Å²) in [4.78, 5) is 11.9. The summed E-state index contributed by atoms with van der Waals surface area (Å²) >= 11 is 6.01. The van der Waals surface area contributed by atoms with Gasteiger partial charge in [0.05, 0.1) is 24.6 Å². The monoisotopic (exact) mass is 327 g/mol. The third kappa shape index (κ3) is 5.69. The molecule has 2 aromatic carbocycles. The molecule has 3 nitrogen and oxygen atoms in total. The number of amides is 1. The Morgan fingerprint density at radius 3 is 2.61 bits per heavy atom. The summed E-state index contributed by atoms with van der Waals surface area (Å²) in [5.74, 6) is 6.58. The van der Waals surface area contributed by atoms with Crippen molar-refractivity contribution in [2.24, 2.45) is 0 Å². The Labute approximate surface area is 141 Å². The number of carbonyl (C=O) groups excluding carboxylic acids is 1. The van der Waals surface area contributed by atoms with Crippen molar-refractivity contribution in [3.63, 3.8) is 0 Å². The molecule has 0 saturated carbocycles. The van der Waals surface area contributed by atoms with Crippen LogP contribution in [0, 0.1) is 11.8 Å². The standard InChI is InChI=1S/C19H18ClNO2/c1-2-23-17-11-9-15(10-12-17)14-19(22)21-13-5-7-16-6-3-4-8-18(16)20/h3-4,6,8-12H,2,13-14H2,1H3,(H,21,22). The van der Waals surface area contributed by atoms with Gasteiger partial charge in [-0.2, -0.15) is 0 Å². The minimum absolute atomic E-state index is 0.0670. The molecule has 118 valence electrons. The summed E-state index contributed by atoms with van der Waals surface area (Å²) in [6, 6.07) is 14.9. The molecule has 4 heteroatoms. The second-order valence-electron chi connectivity index (χ2n) is 4.81. The lowest BCUT2D eigenvalue weighted by Gasteiger charge is -2.05. The molecule has 0 atom stereocenters. The smallest absolute Gasteiger partial charge is 0.225 e. The summed E-state index contributed by atoms with van der Waals surface area (Å²) in [5, 5.41) is 3.39. The highest BCUT2D eigenvalue weighted by atomic mass is 35.5. The van der Waals surface area contributed by atoms with Crippen LogP contribution in [-0.2, 0) is 11.2 Å². The van der Waals surface area contributed by atoms with Crippen LogP contribution in [0.15, 0.2) is 48.5 Å². The Morgan fingerprint density at radius 1 is 1.17 bits per heavy atom. The van der Waals surface area contributed by atoms with Gasteiger partial charge in [-0.15, -0.1) is 0 Å². The minimum Gasteiger partial charge on any atom is -0.494 e. The number of hydrogen-bond donors (Lipinski definition) is 1. The number of carbonyl (C=O) groups is 1. The Bertz CT molecular complexity index is 714. The molecule has 23 heavy (non-hydrogen) atoms. The van der Waals surface area contributed by atoms with Crippen LogP contribution in [0.5, 0.6) is 5.75 Å². The summed E-state index contributed by atoms with van der Waals surface area (Å²) in [6.45, 7) is 2.86. The van der Waals surface area contributed by atoms with Gasteiger partial charge in [-0.1, -0.05) is 47.7 Å². The van der Waals surface area contributed by atoms with Crippen molar-refractivity contribution in [3.05, 3.63) is 64.7 Å². The van der Waals surface area contributed by atoms with Crippen LogP contribution in [0.3, 0.4) is 0 Å². The maximum absolute atomic E-state index is 11.9. The van der Waals surface area contributed by atoms with Crippen molar-refractivity contribution in [2.45, 2.75) is 13.3 Å². The fourth-order valence-corrected chi connectivity index (χ4v) is 2.15. The molecular formula is C19H18ClNO2. The van der Waals surface area contributed by atoms with Gasteiger partial charge in [0.15, 0.2) is 0 Å². The van der Waals surface area contributed by atoms with Gasteiger partial charge in [-0.05, 0) is 36.8 Å². The molecule has 2 aromatic rings. The van der Waals surface area contributed by atoms with E-state index in [-0.39, 0.29) is 5.91 Å².